The van der Waals surface area contributed by atoms with Gasteiger partial charge in [-0.2, -0.15) is 13.2 Å². The Morgan fingerprint density at radius 3 is 2.31 bits per heavy atom. The van der Waals surface area contributed by atoms with Crippen LogP contribution in [-0.4, -0.2) is 29.5 Å². The van der Waals surface area contributed by atoms with E-state index in [4.69, 9.17) is 0 Å². The zero-order chi connectivity index (χ0) is 23.9. The number of aromatic nitrogens is 2. The molecule has 0 atom stereocenters. The first-order chi connectivity index (χ1) is 14.6. The Morgan fingerprint density at radius 2 is 1.72 bits per heavy atom. The topological polar surface area (TPSA) is 69.2 Å². The molecule has 0 saturated heterocycles. The number of halogens is 6. The number of alkyl halides is 6. The second-order valence-corrected chi connectivity index (χ2v) is 10.8. The number of hydrogen-bond donors (Lipinski definition) is 0. The third-order valence-corrected chi connectivity index (χ3v) is 8.32. The van der Waals surface area contributed by atoms with Crippen molar-refractivity contribution in [1.82, 2.24) is 9.97 Å². The Balaban J connectivity index is 1.70. The maximum atomic E-state index is 13.1. The SMILES string of the molecule is CC(C)(C1CC(Cc2ccnc(C(F)(F)F)n2)C1)S(=O)(=O)c1cccc(OC(F)(F)F)c1. The lowest BCUT2D eigenvalue weighted by Crippen LogP contribution is -2.47. The first-order valence-corrected chi connectivity index (χ1v) is 11.1. The molecule has 0 amide bonds. The number of nitrogens with zero attached hydrogens (tertiary/aromatic N) is 2. The minimum absolute atomic E-state index is 0.0645. The van der Waals surface area contributed by atoms with Crippen molar-refractivity contribution in [1.29, 1.82) is 0 Å². The molecule has 1 saturated carbocycles. The van der Waals surface area contributed by atoms with Crippen molar-refractivity contribution in [3.63, 3.8) is 0 Å². The smallest absolute Gasteiger partial charge is 0.406 e. The van der Waals surface area contributed by atoms with Gasteiger partial charge in [-0.1, -0.05) is 6.07 Å². The highest BCUT2D eigenvalue weighted by molar-refractivity contribution is 7.92. The van der Waals surface area contributed by atoms with Gasteiger partial charge in [0, 0.05) is 11.9 Å². The minimum Gasteiger partial charge on any atom is -0.406 e. The lowest BCUT2D eigenvalue weighted by molar-refractivity contribution is -0.274. The summed E-state index contributed by atoms with van der Waals surface area (Å²) in [7, 11) is -4.02. The molecular weight excluding hydrogens is 462 g/mol. The number of benzene rings is 1. The van der Waals surface area contributed by atoms with E-state index in [1.54, 1.807) is 0 Å². The molecule has 0 N–H and O–H groups in total. The van der Waals surface area contributed by atoms with Crippen LogP contribution in [0.1, 0.15) is 38.2 Å². The number of rotatable bonds is 6. The molecule has 0 aliphatic heterocycles. The van der Waals surface area contributed by atoms with Crippen LogP contribution in [0.3, 0.4) is 0 Å². The predicted octanol–water partition coefficient (Wildman–Crippen LogP) is 5.22. The van der Waals surface area contributed by atoms with Crippen molar-refractivity contribution in [2.75, 3.05) is 0 Å². The molecule has 176 valence electrons. The Hall–Kier alpha value is -2.37. The van der Waals surface area contributed by atoms with E-state index in [-0.39, 0.29) is 28.8 Å². The van der Waals surface area contributed by atoms with Crippen LogP contribution >= 0.6 is 0 Å². The second-order valence-electron chi connectivity index (χ2n) is 8.24. The third-order valence-electron chi connectivity index (χ3n) is 5.73. The van der Waals surface area contributed by atoms with E-state index in [0.29, 0.717) is 12.8 Å². The van der Waals surface area contributed by atoms with Crippen LogP contribution in [0.2, 0.25) is 0 Å². The zero-order valence-corrected chi connectivity index (χ0v) is 17.9. The van der Waals surface area contributed by atoms with E-state index in [1.807, 2.05) is 0 Å². The fraction of sp³-hybridized carbons (Fsp3) is 0.500. The van der Waals surface area contributed by atoms with E-state index in [1.165, 1.54) is 32.0 Å². The molecule has 0 radical (unpaired) electrons. The van der Waals surface area contributed by atoms with Crippen molar-refractivity contribution in [2.45, 2.75) is 55.3 Å². The summed E-state index contributed by atoms with van der Waals surface area (Å²) in [6.45, 7) is 2.99. The molecule has 1 aromatic carbocycles. The number of sulfone groups is 1. The van der Waals surface area contributed by atoms with E-state index in [2.05, 4.69) is 14.7 Å². The van der Waals surface area contributed by atoms with Gasteiger partial charge in [-0.05, 0) is 69.2 Å². The van der Waals surface area contributed by atoms with Gasteiger partial charge in [0.15, 0.2) is 9.84 Å². The molecule has 0 spiro atoms. The Morgan fingerprint density at radius 1 is 1.06 bits per heavy atom. The maximum absolute atomic E-state index is 13.1. The fourth-order valence-electron chi connectivity index (χ4n) is 3.77. The predicted molar refractivity (Wildman–Crippen MR) is 101 cm³/mol. The highest BCUT2D eigenvalue weighted by Gasteiger charge is 2.48. The summed E-state index contributed by atoms with van der Waals surface area (Å²) in [6.07, 6.45) is -7.48. The molecule has 1 aliphatic rings. The largest absolute Gasteiger partial charge is 0.573 e. The van der Waals surface area contributed by atoms with E-state index in [9.17, 15) is 34.8 Å². The lowest BCUT2D eigenvalue weighted by atomic mass is 9.67. The van der Waals surface area contributed by atoms with Crippen LogP contribution in [0, 0.1) is 11.8 Å². The van der Waals surface area contributed by atoms with Gasteiger partial charge in [0.05, 0.1) is 9.64 Å². The molecule has 3 rings (SSSR count). The molecule has 0 bridgehead atoms. The Bertz CT molecular complexity index is 1080. The van der Waals surface area contributed by atoms with Crippen LogP contribution in [0.5, 0.6) is 5.75 Å². The average molecular weight is 482 g/mol. The standard InChI is InChI=1S/C20H20F6N2O3S/c1-18(2,32(29,30)16-5-3-4-15(11-16)31-20(24,25)26)13-8-12(9-13)10-14-6-7-27-17(28-14)19(21,22)23/h3-7,11-13H,8-10H2,1-2H3. The van der Waals surface area contributed by atoms with Gasteiger partial charge >= 0.3 is 12.5 Å². The van der Waals surface area contributed by atoms with E-state index >= 15 is 0 Å². The molecule has 1 heterocycles. The van der Waals surface area contributed by atoms with Crippen LogP contribution in [0.15, 0.2) is 41.4 Å². The monoisotopic (exact) mass is 482 g/mol. The normalized spacial score (nSPS) is 20.0. The highest BCUT2D eigenvalue weighted by Crippen LogP contribution is 2.47. The van der Waals surface area contributed by atoms with E-state index in [0.717, 1.165) is 18.3 Å². The number of ether oxygens (including phenoxy) is 1. The van der Waals surface area contributed by atoms with Gasteiger partial charge in [0.2, 0.25) is 5.82 Å². The average Bonchev–Trinajstić information content (AvgIpc) is 2.62. The molecule has 1 aromatic heterocycles. The molecule has 12 heteroatoms. The Kier molecular flexibility index (Phi) is 6.22. The summed E-state index contributed by atoms with van der Waals surface area (Å²) in [5.41, 5.74) is 0.216. The summed E-state index contributed by atoms with van der Waals surface area (Å²) in [5.74, 6) is -2.25. The molecule has 32 heavy (non-hydrogen) atoms. The van der Waals surface area contributed by atoms with Crippen molar-refractivity contribution >= 4 is 9.84 Å². The van der Waals surface area contributed by atoms with Crippen molar-refractivity contribution in [3.05, 3.63) is 48.0 Å². The minimum atomic E-state index is -4.95. The van der Waals surface area contributed by atoms with Gasteiger partial charge in [0.25, 0.3) is 0 Å². The quantitative estimate of drug-likeness (QED) is 0.529. The van der Waals surface area contributed by atoms with Crippen LogP contribution in [-0.2, 0) is 22.4 Å². The summed E-state index contributed by atoms with van der Waals surface area (Å²) in [6, 6.07) is 5.60. The number of hydrogen-bond acceptors (Lipinski definition) is 5. The molecule has 1 aliphatic carbocycles. The van der Waals surface area contributed by atoms with E-state index < -0.39 is 38.7 Å². The maximum Gasteiger partial charge on any atom is 0.573 e. The first kappa shape index (κ1) is 24.3. The van der Waals surface area contributed by atoms with Gasteiger partial charge < -0.3 is 4.74 Å². The van der Waals surface area contributed by atoms with Gasteiger partial charge in [-0.15, -0.1) is 13.2 Å². The first-order valence-electron chi connectivity index (χ1n) is 9.59. The summed E-state index contributed by atoms with van der Waals surface area (Å²) < 4.78 is 104. The molecule has 1 fully saturated rings. The zero-order valence-electron chi connectivity index (χ0n) is 17.0. The van der Waals surface area contributed by atoms with Crippen LogP contribution in [0.25, 0.3) is 0 Å². The molecular formula is C20H20F6N2O3S. The summed E-state index contributed by atoms with van der Waals surface area (Å²) >= 11 is 0. The van der Waals surface area contributed by atoms with Gasteiger partial charge in [-0.25, -0.2) is 18.4 Å². The third kappa shape index (κ3) is 5.16. The van der Waals surface area contributed by atoms with Crippen molar-refractivity contribution in [3.8, 4) is 5.75 Å². The fourth-order valence-corrected chi connectivity index (χ4v) is 5.54. The molecule has 0 unspecified atom stereocenters. The van der Waals surface area contributed by atoms with Gasteiger partial charge in [-0.3, -0.25) is 0 Å². The molecule has 2 aromatic rings. The van der Waals surface area contributed by atoms with Crippen LogP contribution in [0.4, 0.5) is 26.3 Å². The summed E-state index contributed by atoms with van der Waals surface area (Å²) in [4.78, 5) is 6.45. The van der Waals surface area contributed by atoms with Crippen molar-refractivity contribution < 1.29 is 39.5 Å². The lowest BCUT2D eigenvalue weighted by Gasteiger charge is -2.44. The van der Waals surface area contributed by atoms with Gasteiger partial charge in [0.1, 0.15) is 5.75 Å². The second kappa shape index (κ2) is 8.20. The van der Waals surface area contributed by atoms with Crippen LogP contribution < -0.4 is 4.74 Å². The molecule has 5 nitrogen and oxygen atoms in total. The summed E-state index contributed by atoms with van der Waals surface area (Å²) in [5, 5.41) is 0. The Labute approximate surface area is 180 Å². The highest BCUT2D eigenvalue weighted by atomic mass is 32.2. The van der Waals surface area contributed by atoms with Crippen molar-refractivity contribution in [2.24, 2.45) is 11.8 Å².